The number of nitrogens with zero attached hydrogens (tertiary/aromatic N) is 2. The molecule has 4 aromatic rings. The van der Waals surface area contributed by atoms with Crippen LogP contribution in [0.4, 0.5) is 5.69 Å². The third-order valence-electron chi connectivity index (χ3n) is 4.27. The lowest BCUT2D eigenvalue weighted by Crippen LogP contribution is -2.13. The van der Waals surface area contributed by atoms with Crippen LogP contribution in [0.5, 0.6) is 0 Å². The minimum absolute atomic E-state index is 0.241. The Morgan fingerprint density at radius 2 is 2.00 bits per heavy atom. The van der Waals surface area contributed by atoms with E-state index in [0.29, 0.717) is 23.8 Å². The highest BCUT2D eigenvalue weighted by atomic mass is 16.1. The van der Waals surface area contributed by atoms with Gasteiger partial charge in [-0.3, -0.25) is 9.89 Å². The Kier molecular flexibility index (Phi) is 3.98. The fourth-order valence-electron chi connectivity index (χ4n) is 2.93. The molecule has 0 spiro atoms. The summed E-state index contributed by atoms with van der Waals surface area (Å²) in [5.74, 6) is 0.468. The molecule has 26 heavy (non-hydrogen) atoms. The van der Waals surface area contributed by atoms with Crippen LogP contribution in [0.2, 0.25) is 0 Å². The summed E-state index contributed by atoms with van der Waals surface area (Å²) in [4.78, 5) is 20.1. The second kappa shape index (κ2) is 6.45. The molecule has 5 N–H and O–H groups in total. The van der Waals surface area contributed by atoms with E-state index in [1.165, 1.54) is 0 Å². The van der Waals surface area contributed by atoms with Crippen molar-refractivity contribution in [2.45, 2.75) is 13.5 Å². The first-order valence-electron chi connectivity index (χ1n) is 8.26. The third kappa shape index (κ3) is 2.84. The summed E-state index contributed by atoms with van der Waals surface area (Å²) in [6.07, 6.45) is 0. The lowest BCUT2D eigenvalue weighted by atomic mass is 10.1. The molecule has 0 fully saturated rings. The van der Waals surface area contributed by atoms with Gasteiger partial charge in [0.2, 0.25) is 0 Å². The number of amides is 1. The van der Waals surface area contributed by atoms with Gasteiger partial charge in [0.05, 0.1) is 23.3 Å². The molecule has 7 nitrogen and oxygen atoms in total. The zero-order valence-electron chi connectivity index (χ0n) is 14.2. The van der Waals surface area contributed by atoms with Crippen molar-refractivity contribution in [1.82, 2.24) is 20.2 Å². The molecular weight excluding hydrogens is 328 g/mol. The molecule has 2 aromatic heterocycles. The molecule has 0 saturated heterocycles. The van der Waals surface area contributed by atoms with E-state index in [1.54, 1.807) is 0 Å². The van der Waals surface area contributed by atoms with Crippen LogP contribution in [0.15, 0.2) is 48.5 Å². The number of benzene rings is 2. The van der Waals surface area contributed by atoms with Gasteiger partial charge in [-0.15, -0.1) is 0 Å². The fourth-order valence-corrected chi connectivity index (χ4v) is 2.93. The van der Waals surface area contributed by atoms with Gasteiger partial charge in [-0.1, -0.05) is 30.3 Å². The van der Waals surface area contributed by atoms with Gasteiger partial charge in [0, 0.05) is 16.8 Å². The summed E-state index contributed by atoms with van der Waals surface area (Å²) in [7, 11) is 0. The minimum Gasteiger partial charge on any atom is -0.341 e. The van der Waals surface area contributed by atoms with Crippen LogP contribution in [0.25, 0.3) is 22.3 Å². The lowest BCUT2D eigenvalue weighted by Gasteiger charge is -2.05. The van der Waals surface area contributed by atoms with Gasteiger partial charge in [0.1, 0.15) is 11.5 Å². The number of imidazole rings is 1. The molecule has 0 aliphatic rings. The predicted octanol–water partition coefficient (Wildman–Crippen LogP) is 2.97. The number of nitrogens with two attached hydrogens (primary N) is 1. The standard InChI is InChI=1S/C19H18N6O/c1-11-17(12-5-3-2-4-6-12)24-25-18(11)19(26)21-13-7-8-14-15(9-13)23-16(10-20)22-14/h2-9H,10,20H2,1H3,(H,21,26)(H,22,23)(H,24,25). The first-order valence-corrected chi connectivity index (χ1v) is 8.26. The molecule has 2 heterocycles. The van der Waals surface area contributed by atoms with Crippen LogP contribution in [-0.4, -0.2) is 26.1 Å². The molecule has 130 valence electrons. The highest BCUT2D eigenvalue weighted by Crippen LogP contribution is 2.24. The number of carbonyl (C=O) groups excluding carboxylic acids is 1. The van der Waals surface area contributed by atoms with E-state index in [9.17, 15) is 4.79 Å². The first-order chi connectivity index (χ1) is 12.7. The van der Waals surface area contributed by atoms with E-state index in [4.69, 9.17) is 5.73 Å². The fraction of sp³-hybridized carbons (Fsp3) is 0.105. The molecule has 1 amide bonds. The first kappa shape index (κ1) is 16.0. The van der Waals surface area contributed by atoms with E-state index >= 15 is 0 Å². The number of hydrogen-bond donors (Lipinski definition) is 4. The summed E-state index contributed by atoms with van der Waals surface area (Å²) >= 11 is 0. The second-order valence-corrected chi connectivity index (χ2v) is 6.01. The van der Waals surface area contributed by atoms with E-state index < -0.39 is 0 Å². The number of nitrogens with one attached hydrogen (secondary N) is 3. The number of hydrogen-bond acceptors (Lipinski definition) is 4. The summed E-state index contributed by atoms with van der Waals surface area (Å²) in [6, 6.07) is 15.2. The molecule has 0 saturated carbocycles. The van der Waals surface area contributed by atoms with Crippen molar-refractivity contribution in [3.63, 3.8) is 0 Å². The third-order valence-corrected chi connectivity index (χ3v) is 4.27. The Morgan fingerprint density at radius 3 is 2.77 bits per heavy atom. The molecule has 7 heteroatoms. The molecule has 0 bridgehead atoms. The number of rotatable bonds is 4. The molecule has 2 aromatic carbocycles. The molecule has 0 atom stereocenters. The van der Waals surface area contributed by atoms with Crippen molar-refractivity contribution in [2.75, 3.05) is 5.32 Å². The van der Waals surface area contributed by atoms with Crippen LogP contribution in [-0.2, 0) is 6.54 Å². The van der Waals surface area contributed by atoms with Crippen molar-refractivity contribution in [3.05, 3.63) is 65.6 Å². The van der Waals surface area contributed by atoms with E-state index in [1.807, 2.05) is 55.5 Å². The zero-order valence-corrected chi connectivity index (χ0v) is 14.2. The van der Waals surface area contributed by atoms with Crippen molar-refractivity contribution in [1.29, 1.82) is 0 Å². The van der Waals surface area contributed by atoms with Crippen LogP contribution in [0.3, 0.4) is 0 Å². The number of aromatic amines is 2. The van der Waals surface area contributed by atoms with Crippen molar-refractivity contribution >= 4 is 22.6 Å². The Balaban J connectivity index is 1.60. The Hall–Kier alpha value is -3.45. The normalized spacial score (nSPS) is 11.0. The number of aromatic nitrogens is 4. The maximum Gasteiger partial charge on any atom is 0.273 e. The Bertz CT molecular complexity index is 1080. The maximum absolute atomic E-state index is 12.6. The average molecular weight is 346 g/mol. The number of anilines is 1. The topological polar surface area (TPSA) is 112 Å². The summed E-state index contributed by atoms with van der Waals surface area (Å²) in [5.41, 5.74) is 10.9. The van der Waals surface area contributed by atoms with E-state index in [-0.39, 0.29) is 5.91 Å². The number of H-pyrrole nitrogens is 2. The Morgan fingerprint density at radius 1 is 1.19 bits per heavy atom. The van der Waals surface area contributed by atoms with E-state index in [0.717, 1.165) is 27.9 Å². The molecular formula is C19H18N6O. The summed E-state index contributed by atoms with van der Waals surface area (Å²) in [5, 5.41) is 10.0. The van der Waals surface area contributed by atoms with Crippen LogP contribution in [0, 0.1) is 6.92 Å². The SMILES string of the molecule is Cc1c(-c2ccccc2)n[nH]c1C(=O)Nc1ccc2nc(CN)[nH]c2c1. The smallest absolute Gasteiger partial charge is 0.273 e. The molecule has 4 rings (SSSR count). The van der Waals surface area contributed by atoms with Gasteiger partial charge in [0.15, 0.2) is 0 Å². The van der Waals surface area contributed by atoms with Gasteiger partial charge in [0.25, 0.3) is 5.91 Å². The summed E-state index contributed by atoms with van der Waals surface area (Å²) in [6.45, 7) is 2.22. The lowest BCUT2D eigenvalue weighted by molar-refractivity contribution is 0.102. The predicted molar refractivity (Wildman–Crippen MR) is 101 cm³/mol. The van der Waals surface area contributed by atoms with Gasteiger partial charge in [-0.2, -0.15) is 5.10 Å². The maximum atomic E-state index is 12.6. The average Bonchev–Trinajstić information content (AvgIpc) is 3.25. The molecule has 0 radical (unpaired) electrons. The van der Waals surface area contributed by atoms with Crippen molar-refractivity contribution in [2.24, 2.45) is 5.73 Å². The number of fused-ring (bicyclic) bond motifs is 1. The zero-order chi connectivity index (χ0) is 18.1. The quantitative estimate of drug-likeness (QED) is 0.455. The largest absolute Gasteiger partial charge is 0.341 e. The van der Waals surface area contributed by atoms with Crippen LogP contribution < -0.4 is 11.1 Å². The van der Waals surface area contributed by atoms with Gasteiger partial charge >= 0.3 is 0 Å². The van der Waals surface area contributed by atoms with Crippen molar-refractivity contribution in [3.8, 4) is 11.3 Å². The van der Waals surface area contributed by atoms with Crippen LogP contribution >= 0.6 is 0 Å². The molecule has 0 aliphatic carbocycles. The Labute approximate surface area is 149 Å². The van der Waals surface area contributed by atoms with Gasteiger partial charge < -0.3 is 16.0 Å². The monoisotopic (exact) mass is 346 g/mol. The van der Waals surface area contributed by atoms with E-state index in [2.05, 4.69) is 25.5 Å². The van der Waals surface area contributed by atoms with Gasteiger partial charge in [-0.05, 0) is 25.1 Å². The highest BCUT2D eigenvalue weighted by Gasteiger charge is 2.17. The number of carbonyl (C=O) groups is 1. The molecule has 0 unspecified atom stereocenters. The minimum atomic E-state index is -0.241. The van der Waals surface area contributed by atoms with Crippen LogP contribution in [0.1, 0.15) is 21.9 Å². The van der Waals surface area contributed by atoms with Gasteiger partial charge in [-0.25, -0.2) is 4.98 Å². The second-order valence-electron chi connectivity index (χ2n) is 6.01. The highest BCUT2D eigenvalue weighted by molar-refractivity contribution is 6.05. The van der Waals surface area contributed by atoms with Crippen molar-refractivity contribution < 1.29 is 4.79 Å². The summed E-state index contributed by atoms with van der Waals surface area (Å²) < 4.78 is 0. The molecule has 0 aliphatic heterocycles.